The van der Waals surface area contributed by atoms with Crippen molar-refractivity contribution in [3.05, 3.63) is 29.8 Å². The molecule has 1 aromatic carbocycles. The number of aliphatic hydroxyl groups is 1. The van der Waals surface area contributed by atoms with Crippen LogP contribution in [-0.4, -0.2) is 24.8 Å². The number of hydrogen-bond donors (Lipinski definition) is 2. The third kappa shape index (κ3) is 2.94. The zero-order valence-corrected chi connectivity index (χ0v) is 9.64. The SMILES string of the molecule is CC(CO)N(C)c1ccc([C@H](C)N)cc1. The average molecular weight is 208 g/mol. The Bertz CT molecular complexity index is 295. The molecule has 1 unspecified atom stereocenters. The molecule has 3 N–H and O–H groups in total. The Morgan fingerprint density at radius 3 is 2.20 bits per heavy atom. The molecular weight excluding hydrogens is 188 g/mol. The molecule has 84 valence electrons. The Morgan fingerprint density at radius 1 is 1.27 bits per heavy atom. The van der Waals surface area contributed by atoms with Crippen LogP contribution in [0.15, 0.2) is 24.3 Å². The number of hydrogen-bond acceptors (Lipinski definition) is 3. The summed E-state index contributed by atoms with van der Waals surface area (Å²) in [4.78, 5) is 2.05. The minimum absolute atomic E-state index is 0.0691. The van der Waals surface area contributed by atoms with E-state index in [9.17, 15) is 0 Å². The maximum absolute atomic E-state index is 9.05. The van der Waals surface area contributed by atoms with Crippen molar-refractivity contribution in [2.24, 2.45) is 5.73 Å². The number of nitrogens with zero attached hydrogens (tertiary/aromatic N) is 1. The summed E-state index contributed by atoms with van der Waals surface area (Å²) in [7, 11) is 1.97. The van der Waals surface area contributed by atoms with Crippen LogP contribution in [0.2, 0.25) is 0 Å². The predicted octanol–water partition coefficient (Wildman–Crippen LogP) is 1.52. The van der Waals surface area contributed by atoms with Gasteiger partial charge in [0.2, 0.25) is 0 Å². The van der Waals surface area contributed by atoms with Crippen LogP contribution < -0.4 is 10.6 Å². The molecule has 0 saturated heterocycles. The summed E-state index contributed by atoms with van der Waals surface area (Å²) < 4.78 is 0. The van der Waals surface area contributed by atoms with Crippen LogP contribution in [0.5, 0.6) is 0 Å². The Morgan fingerprint density at radius 2 is 1.80 bits per heavy atom. The summed E-state index contributed by atoms with van der Waals surface area (Å²) in [5.74, 6) is 0. The van der Waals surface area contributed by atoms with E-state index in [-0.39, 0.29) is 18.7 Å². The lowest BCUT2D eigenvalue weighted by Gasteiger charge is -2.25. The van der Waals surface area contributed by atoms with Gasteiger partial charge in [0.1, 0.15) is 0 Å². The van der Waals surface area contributed by atoms with Crippen LogP contribution in [0.4, 0.5) is 5.69 Å². The monoisotopic (exact) mass is 208 g/mol. The van der Waals surface area contributed by atoms with Crippen LogP contribution in [0.25, 0.3) is 0 Å². The molecule has 0 aliphatic rings. The lowest BCUT2D eigenvalue weighted by atomic mass is 10.1. The highest BCUT2D eigenvalue weighted by atomic mass is 16.3. The number of rotatable bonds is 4. The zero-order valence-electron chi connectivity index (χ0n) is 9.64. The first kappa shape index (κ1) is 12.0. The van der Waals surface area contributed by atoms with E-state index in [0.717, 1.165) is 11.3 Å². The van der Waals surface area contributed by atoms with E-state index in [1.54, 1.807) is 0 Å². The van der Waals surface area contributed by atoms with Gasteiger partial charge in [-0.25, -0.2) is 0 Å². The fraction of sp³-hybridized carbons (Fsp3) is 0.500. The maximum atomic E-state index is 9.05. The van der Waals surface area contributed by atoms with Crippen molar-refractivity contribution < 1.29 is 5.11 Å². The van der Waals surface area contributed by atoms with Crippen molar-refractivity contribution in [3.63, 3.8) is 0 Å². The molecule has 1 rings (SSSR count). The average Bonchev–Trinajstić information content (AvgIpc) is 2.27. The van der Waals surface area contributed by atoms with Crippen molar-refractivity contribution in [2.75, 3.05) is 18.6 Å². The van der Waals surface area contributed by atoms with Gasteiger partial charge < -0.3 is 15.7 Å². The molecule has 0 aliphatic carbocycles. The highest BCUT2D eigenvalue weighted by Crippen LogP contribution is 2.18. The third-order valence-corrected chi connectivity index (χ3v) is 2.75. The first-order valence-electron chi connectivity index (χ1n) is 5.25. The van der Waals surface area contributed by atoms with Gasteiger partial charge in [0, 0.05) is 24.8 Å². The van der Waals surface area contributed by atoms with Crippen LogP contribution in [0.3, 0.4) is 0 Å². The van der Waals surface area contributed by atoms with Crippen LogP contribution in [0, 0.1) is 0 Å². The van der Waals surface area contributed by atoms with Crippen molar-refractivity contribution in [3.8, 4) is 0 Å². The van der Waals surface area contributed by atoms with Gasteiger partial charge in [-0.15, -0.1) is 0 Å². The van der Waals surface area contributed by atoms with Gasteiger partial charge in [0.15, 0.2) is 0 Å². The quantitative estimate of drug-likeness (QED) is 0.788. The third-order valence-electron chi connectivity index (χ3n) is 2.75. The predicted molar refractivity (Wildman–Crippen MR) is 64.0 cm³/mol. The lowest BCUT2D eigenvalue weighted by molar-refractivity contribution is 0.270. The molecule has 0 spiro atoms. The molecule has 0 aromatic heterocycles. The number of aliphatic hydroxyl groups excluding tert-OH is 1. The van der Waals surface area contributed by atoms with Gasteiger partial charge in [0.25, 0.3) is 0 Å². The van der Waals surface area contributed by atoms with Gasteiger partial charge in [-0.05, 0) is 31.5 Å². The molecule has 0 radical (unpaired) electrons. The second-order valence-electron chi connectivity index (χ2n) is 4.02. The zero-order chi connectivity index (χ0) is 11.4. The van der Waals surface area contributed by atoms with Crippen LogP contribution in [0.1, 0.15) is 25.5 Å². The largest absolute Gasteiger partial charge is 0.394 e. The molecule has 0 saturated carbocycles. The van der Waals surface area contributed by atoms with E-state index >= 15 is 0 Å². The van der Waals surface area contributed by atoms with Crippen LogP contribution >= 0.6 is 0 Å². The molecule has 0 aliphatic heterocycles. The molecule has 0 fully saturated rings. The molecular formula is C12H20N2O. The number of benzene rings is 1. The summed E-state index contributed by atoms with van der Waals surface area (Å²) in [6, 6.07) is 8.32. The van der Waals surface area contributed by atoms with E-state index in [2.05, 4.69) is 0 Å². The van der Waals surface area contributed by atoms with Crippen molar-refractivity contribution in [1.29, 1.82) is 0 Å². The second-order valence-corrected chi connectivity index (χ2v) is 4.02. The fourth-order valence-corrected chi connectivity index (χ4v) is 1.39. The van der Waals surface area contributed by atoms with Gasteiger partial charge >= 0.3 is 0 Å². The van der Waals surface area contributed by atoms with Gasteiger partial charge in [-0.3, -0.25) is 0 Å². The van der Waals surface area contributed by atoms with E-state index in [1.807, 2.05) is 50.1 Å². The van der Waals surface area contributed by atoms with Gasteiger partial charge in [-0.2, -0.15) is 0 Å². The van der Waals surface area contributed by atoms with Crippen molar-refractivity contribution >= 4 is 5.69 Å². The molecule has 0 bridgehead atoms. The summed E-state index contributed by atoms with van der Waals surface area (Å²) in [6.45, 7) is 4.11. The standard InChI is InChI=1S/C12H20N2O/c1-9(8-15)14(3)12-6-4-11(5-7-12)10(2)13/h4-7,9-10,15H,8,13H2,1-3H3/t9?,10-/m0/s1. The van der Waals surface area contributed by atoms with E-state index in [4.69, 9.17) is 10.8 Å². The van der Waals surface area contributed by atoms with E-state index in [0.29, 0.717) is 0 Å². The van der Waals surface area contributed by atoms with Crippen LogP contribution in [-0.2, 0) is 0 Å². The molecule has 2 atom stereocenters. The highest BCUT2D eigenvalue weighted by Gasteiger charge is 2.08. The van der Waals surface area contributed by atoms with E-state index in [1.165, 1.54) is 0 Å². The Labute approximate surface area is 91.5 Å². The lowest BCUT2D eigenvalue weighted by Crippen LogP contribution is -2.31. The van der Waals surface area contributed by atoms with Gasteiger partial charge in [0.05, 0.1) is 6.61 Å². The summed E-state index contributed by atoms with van der Waals surface area (Å²) in [5.41, 5.74) is 8.00. The second kappa shape index (κ2) is 5.14. The number of nitrogens with two attached hydrogens (primary N) is 1. The topological polar surface area (TPSA) is 49.5 Å². The molecule has 3 nitrogen and oxygen atoms in total. The Balaban J connectivity index is 2.79. The first-order chi connectivity index (χ1) is 7.06. The fourth-order valence-electron chi connectivity index (χ4n) is 1.39. The minimum atomic E-state index is 0.0691. The summed E-state index contributed by atoms with van der Waals surface area (Å²) >= 11 is 0. The Kier molecular flexibility index (Phi) is 4.12. The first-order valence-corrected chi connectivity index (χ1v) is 5.25. The maximum Gasteiger partial charge on any atom is 0.0632 e. The normalized spacial score (nSPS) is 14.7. The highest BCUT2D eigenvalue weighted by molar-refractivity contribution is 5.48. The molecule has 0 heterocycles. The number of likely N-dealkylation sites (N-methyl/N-ethyl adjacent to an activating group) is 1. The summed E-state index contributed by atoms with van der Waals surface area (Å²) in [5, 5.41) is 9.05. The molecule has 0 amide bonds. The molecule has 15 heavy (non-hydrogen) atoms. The van der Waals surface area contributed by atoms with E-state index < -0.39 is 0 Å². The Hall–Kier alpha value is -1.06. The van der Waals surface area contributed by atoms with Crippen molar-refractivity contribution in [1.82, 2.24) is 0 Å². The summed E-state index contributed by atoms with van der Waals surface area (Å²) in [6.07, 6.45) is 0. The molecule has 1 aromatic rings. The minimum Gasteiger partial charge on any atom is -0.394 e. The van der Waals surface area contributed by atoms with Gasteiger partial charge in [-0.1, -0.05) is 12.1 Å². The van der Waals surface area contributed by atoms with Crippen molar-refractivity contribution in [2.45, 2.75) is 25.9 Å². The molecule has 3 heteroatoms. The number of anilines is 1. The smallest absolute Gasteiger partial charge is 0.0632 e.